The molecule has 2 atom stereocenters. The topological polar surface area (TPSA) is 65.6 Å². The number of rotatable bonds is 4. The highest BCUT2D eigenvalue weighted by molar-refractivity contribution is 5.84. The molecule has 0 saturated carbocycles. The lowest BCUT2D eigenvalue weighted by Crippen LogP contribution is -2.55. The predicted octanol–water partition coefficient (Wildman–Crippen LogP) is 3.35. The first kappa shape index (κ1) is 15.9. The summed E-state index contributed by atoms with van der Waals surface area (Å²) in [5, 5.41) is 12.0. The first-order valence-electron chi connectivity index (χ1n) is 8.08. The van der Waals surface area contributed by atoms with Crippen LogP contribution in [0.4, 0.5) is 4.79 Å². The molecule has 1 aromatic heterocycles. The Kier molecular flexibility index (Phi) is 3.64. The standard InChI is InChI=1S/C18H24N2O3/c1-5-17(3)18(4,22)20(16(21)23-17)9-8-13-11-19-15-7-6-12(2)10-14(13)15/h6-7,10-11,19,22H,5,8-9H2,1-4H3/t17-,18-/m1/s1. The van der Waals surface area contributed by atoms with E-state index < -0.39 is 17.4 Å². The van der Waals surface area contributed by atoms with Crippen LogP contribution in [-0.4, -0.2) is 39.0 Å². The van der Waals surface area contributed by atoms with Crippen molar-refractivity contribution in [1.29, 1.82) is 0 Å². The number of carbonyl (C=O) groups excluding carboxylic acids is 1. The van der Waals surface area contributed by atoms with E-state index in [4.69, 9.17) is 4.74 Å². The molecule has 1 saturated heterocycles. The number of aromatic nitrogens is 1. The van der Waals surface area contributed by atoms with Crippen molar-refractivity contribution in [3.8, 4) is 0 Å². The highest BCUT2D eigenvalue weighted by Crippen LogP contribution is 2.39. The summed E-state index contributed by atoms with van der Waals surface area (Å²) in [6.45, 7) is 7.82. The molecular formula is C18H24N2O3. The quantitative estimate of drug-likeness (QED) is 0.909. The molecule has 0 spiro atoms. The van der Waals surface area contributed by atoms with E-state index in [1.54, 1.807) is 13.8 Å². The Morgan fingerprint density at radius 3 is 2.74 bits per heavy atom. The van der Waals surface area contributed by atoms with Gasteiger partial charge in [-0.2, -0.15) is 0 Å². The van der Waals surface area contributed by atoms with Crippen LogP contribution in [0.1, 0.15) is 38.3 Å². The lowest BCUT2D eigenvalue weighted by molar-refractivity contribution is -0.137. The fraction of sp³-hybridized carbons (Fsp3) is 0.500. The Morgan fingerprint density at radius 2 is 2.09 bits per heavy atom. The fourth-order valence-corrected chi connectivity index (χ4v) is 3.26. The number of H-pyrrole nitrogens is 1. The van der Waals surface area contributed by atoms with Gasteiger partial charge in [0.1, 0.15) is 0 Å². The van der Waals surface area contributed by atoms with Crippen LogP contribution in [-0.2, 0) is 11.2 Å². The predicted molar refractivity (Wildman–Crippen MR) is 89.2 cm³/mol. The second-order valence-corrected chi connectivity index (χ2v) is 6.74. The van der Waals surface area contributed by atoms with E-state index in [1.807, 2.05) is 13.1 Å². The van der Waals surface area contributed by atoms with E-state index in [2.05, 4.69) is 30.1 Å². The monoisotopic (exact) mass is 316 g/mol. The molecule has 0 aliphatic carbocycles. The summed E-state index contributed by atoms with van der Waals surface area (Å²) in [6.07, 6.45) is 2.75. The maximum absolute atomic E-state index is 12.2. The molecule has 3 rings (SSSR count). The van der Waals surface area contributed by atoms with Crippen molar-refractivity contribution < 1.29 is 14.6 Å². The molecule has 2 heterocycles. The zero-order chi connectivity index (χ0) is 16.8. The number of aliphatic hydroxyl groups is 1. The van der Waals surface area contributed by atoms with Gasteiger partial charge >= 0.3 is 6.09 Å². The van der Waals surface area contributed by atoms with Crippen molar-refractivity contribution in [3.63, 3.8) is 0 Å². The van der Waals surface area contributed by atoms with Crippen molar-refractivity contribution in [3.05, 3.63) is 35.5 Å². The third-order valence-corrected chi connectivity index (χ3v) is 5.26. The number of ether oxygens (including phenoxy) is 1. The maximum atomic E-state index is 12.2. The molecule has 1 aliphatic rings. The molecule has 5 heteroatoms. The summed E-state index contributed by atoms with van der Waals surface area (Å²) in [6, 6.07) is 6.26. The summed E-state index contributed by atoms with van der Waals surface area (Å²) in [4.78, 5) is 16.9. The second-order valence-electron chi connectivity index (χ2n) is 6.74. The van der Waals surface area contributed by atoms with Crippen LogP contribution in [0.2, 0.25) is 0 Å². The molecule has 0 bridgehead atoms. The van der Waals surface area contributed by atoms with E-state index in [0.717, 1.165) is 16.5 Å². The minimum absolute atomic E-state index is 0.419. The Morgan fingerprint density at radius 1 is 1.35 bits per heavy atom. The highest BCUT2D eigenvalue weighted by atomic mass is 16.6. The van der Waals surface area contributed by atoms with Gasteiger partial charge in [0.25, 0.3) is 0 Å². The van der Waals surface area contributed by atoms with Gasteiger partial charge in [0.2, 0.25) is 0 Å². The fourth-order valence-electron chi connectivity index (χ4n) is 3.26. The van der Waals surface area contributed by atoms with Gasteiger partial charge in [-0.1, -0.05) is 18.6 Å². The van der Waals surface area contributed by atoms with E-state index in [1.165, 1.54) is 10.5 Å². The number of carbonyl (C=O) groups is 1. The maximum Gasteiger partial charge on any atom is 0.412 e. The van der Waals surface area contributed by atoms with Gasteiger partial charge in [-0.05, 0) is 51.3 Å². The zero-order valence-corrected chi connectivity index (χ0v) is 14.1. The van der Waals surface area contributed by atoms with Crippen LogP contribution in [0.25, 0.3) is 10.9 Å². The van der Waals surface area contributed by atoms with Gasteiger partial charge in [-0.3, -0.25) is 4.90 Å². The number of hydrogen-bond donors (Lipinski definition) is 2. The minimum atomic E-state index is -1.30. The molecule has 23 heavy (non-hydrogen) atoms. The van der Waals surface area contributed by atoms with Crippen LogP contribution in [0.5, 0.6) is 0 Å². The third kappa shape index (κ3) is 2.39. The lowest BCUT2D eigenvalue weighted by atomic mass is 9.90. The van der Waals surface area contributed by atoms with E-state index in [-0.39, 0.29) is 0 Å². The number of nitrogens with zero attached hydrogens (tertiary/aromatic N) is 1. The summed E-state index contributed by atoms with van der Waals surface area (Å²) in [7, 11) is 0. The van der Waals surface area contributed by atoms with Crippen molar-refractivity contribution in [2.24, 2.45) is 0 Å². The molecular weight excluding hydrogens is 292 g/mol. The van der Waals surface area contributed by atoms with Gasteiger partial charge in [0, 0.05) is 23.6 Å². The van der Waals surface area contributed by atoms with Crippen LogP contribution in [0.3, 0.4) is 0 Å². The van der Waals surface area contributed by atoms with E-state index in [9.17, 15) is 9.90 Å². The van der Waals surface area contributed by atoms with Gasteiger partial charge in [0.15, 0.2) is 11.3 Å². The number of benzene rings is 1. The van der Waals surface area contributed by atoms with Gasteiger partial charge in [-0.15, -0.1) is 0 Å². The zero-order valence-electron chi connectivity index (χ0n) is 14.1. The number of aromatic amines is 1. The molecule has 0 unspecified atom stereocenters. The van der Waals surface area contributed by atoms with E-state index in [0.29, 0.717) is 19.4 Å². The van der Waals surface area contributed by atoms with Crippen molar-refractivity contribution in [1.82, 2.24) is 9.88 Å². The first-order valence-corrected chi connectivity index (χ1v) is 8.08. The molecule has 124 valence electrons. The van der Waals surface area contributed by atoms with Crippen LogP contribution < -0.4 is 0 Å². The number of amides is 1. The summed E-state index contributed by atoms with van der Waals surface area (Å²) >= 11 is 0. The van der Waals surface area contributed by atoms with Crippen molar-refractivity contribution in [2.75, 3.05) is 6.54 Å². The summed E-state index contributed by atoms with van der Waals surface area (Å²) in [5.74, 6) is 0. The van der Waals surface area contributed by atoms with Crippen molar-refractivity contribution in [2.45, 2.75) is 51.9 Å². The molecule has 1 amide bonds. The normalized spacial score (nSPS) is 27.7. The minimum Gasteiger partial charge on any atom is -0.438 e. The molecule has 1 aromatic carbocycles. The van der Waals surface area contributed by atoms with Crippen molar-refractivity contribution >= 4 is 17.0 Å². The van der Waals surface area contributed by atoms with Gasteiger partial charge in [-0.25, -0.2) is 4.79 Å². The largest absolute Gasteiger partial charge is 0.438 e. The number of aryl methyl sites for hydroxylation is 1. The summed E-state index contributed by atoms with van der Waals surface area (Å²) in [5.41, 5.74) is 1.24. The molecule has 1 fully saturated rings. The van der Waals surface area contributed by atoms with Crippen LogP contribution in [0, 0.1) is 6.92 Å². The van der Waals surface area contributed by atoms with Crippen LogP contribution in [0.15, 0.2) is 24.4 Å². The van der Waals surface area contributed by atoms with Crippen LogP contribution >= 0.6 is 0 Å². The Hall–Kier alpha value is -2.01. The average Bonchev–Trinajstić information content (AvgIpc) is 2.95. The molecule has 0 radical (unpaired) electrons. The van der Waals surface area contributed by atoms with Gasteiger partial charge < -0.3 is 14.8 Å². The van der Waals surface area contributed by atoms with Gasteiger partial charge in [0.05, 0.1) is 0 Å². The summed E-state index contributed by atoms with van der Waals surface area (Å²) < 4.78 is 5.43. The second kappa shape index (κ2) is 5.27. The molecule has 5 nitrogen and oxygen atoms in total. The number of hydrogen-bond acceptors (Lipinski definition) is 3. The molecule has 2 N–H and O–H groups in total. The number of fused-ring (bicyclic) bond motifs is 1. The Balaban J connectivity index is 1.82. The number of nitrogens with one attached hydrogen (secondary N) is 1. The van der Waals surface area contributed by atoms with E-state index >= 15 is 0 Å². The average molecular weight is 316 g/mol. The molecule has 1 aliphatic heterocycles. The highest BCUT2D eigenvalue weighted by Gasteiger charge is 2.57. The Labute approximate surface area is 136 Å². The smallest absolute Gasteiger partial charge is 0.412 e. The first-order chi connectivity index (χ1) is 10.8. The lowest BCUT2D eigenvalue weighted by Gasteiger charge is -2.36. The third-order valence-electron chi connectivity index (χ3n) is 5.26. The number of cyclic esters (lactones) is 1. The SMILES string of the molecule is CC[C@@]1(C)OC(=O)N(CCc2c[nH]c3ccc(C)cc23)[C@]1(C)O. The Bertz CT molecular complexity index is 750. The molecule has 2 aromatic rings.